The molecule has 2 aromatic rings. The third kappa shape index (κ3) is 7.19. The molecule has 1 aromatic carbocycles. The van der Waals surface area contributed by atoms with Crippen LogP contribution in [0.3, 0.4) is 0 Å². The Morgan fingerprint density at radius 3 is 2.65 bits per heavy atom. The van der Waals surface area contributed by atoms with E-state index in [0.29, 0.717) is 0 Å². The monoisotopic (exact) mass is 328 g/mol. The van der Waals surface area contributed by atoms with Crippen LogP contribution < -0.4 is 10.6 Å². The molecule has 0 spiro atoms. The zero-order valence-electron chi connectivity index (χ0n) is 13.5. The number of benzene rings is 1. The molecule has 0 amide bonds. The molecule has 5 heteroatoms. The maximum Gasteiger partial charge on any atom is 0.191 e. The van der Waals surface area contributed by atoms with Gasteiger partial charge in [-0.15, -0.1) is 11.8 Å². The first kappa shape index (κ1) is 17.3. The molecule has 0 atom stereocenters. The van der Waals surface area contributed by atoms with Crippen molar-refractivity contribution in [3.8, 4) is 0 Å². The lowest BCUT2D eigenvalue weighted by molar-refractivity contribution is 0.830. The van der Waals surface area contributed by atoms with Crippen molar-refractivity contribution in [2.45, 2.75) is 18.2 Å². The molecular formula is C18H24N4S. The molecule has 0 unspecified atom stereocenters. The van der Waals surface area contributed by atoms with Crippen molar-refractivity contribution in [2.75, 3.05) is 25.4 Å². The summed E-state index contributed by atoms with van der Waals surface area (Å²) >= 11 is 1.85. The van der Waals surface area contributed by atoms with Crippen molar-refractivity contribution in [2.24, 2.45) is 4.99 Å². The molecule has 0 saturated carbocycles. The summed E-state index contributed by atoms with van der Waals surface area (Å²) in [5, 5.41) is 6.65. The third-order valence-corrected chi connectivity index (χ3v) is 4.13. The fourth-order valence-electron chi connectivity index (χ4n) is 2.03. The van der Waals surface area contributed by atoms with E-state index >= 15 is 0 Å². The Bertz CT molecular complexity index is 572. The maximum absolute atomic E-state index is 4.60. The van der Waals surface area contributed by atoms with E-state index in [1.807, 2.05) is 42.2 Å². The van der Waals surface area contributed by atoms with E-state index in [1.54, 1.807) is 0 Å². The number of hydrogen-bond acceptors (Lipinski definition) is 3. The van der Waals surface area contributed by atoms with Crippen molar-refractivity contribution in [1.82, 2.24) is 15.6 Å². The predicted octanol–water partition coefficient (Wildman–Crippen LogP) is 2.97. The van der Waals surface area contributed by atoms with E-state index in [9.17, 15) is 0 Å². The Hall–Kier alpha value is -2.01. The number of rotatable bonds is 8. The topological polar surface area (TPSA) is 49.3 Å². The van der Waals surface area contributed by atoms with E-state index in [-0.39, 0.29) is 0 Å². The molecule has 1 aromatic heterocycles. The summed E-state index contributed by atoms with van der Waals surface area (Å²) in [4.78, 5) is 10.2. The van der Waals surface area contributed by atoms with Gasteiger partial charge in [0.25, 0.3) is 0 Å². The van der Waals surface area contributed by atoms with Gasteiger partial charge in [0.05, 0.1) is 0 Å². The molecule has 1 heterocycles. The van der Waals surface area contributed by atoms with Crippen LogP contribution in [0.5, 0.6) is 0 Å². The van der Waals surface area contributed by atoms with Crippen molar-refractivity contribution < 1.29 is 0 Å². The van der Waals surface area contributed by atoms with Gasteiger partial charge in [-0.2, -0.15) is 0 Å². The molecular weight excluding hydrogens is 304 g/mol. The van der Waals surface area contributed by atoms with Gasteiger partial charge in [-0.25, -0.2) is 0 Å². The molecule has 122 valence electrons. The summed E-state index contributed by atoms with van der Waals surface area (Å²) in [5.41, 5.74) is 1.08. The average molecular weight is 328 g/mol. The van der Waals surface area contributed by atoms with E-state index in [0.717, 1.165) is 43.5 Å². The minimum Gasteiger partial charge on any atom is -0.357 e. The summed E-state index contributed by atoms with van der Waals surface area (Å²) in [6.07, 6.45) is 2.68. The van der Waals surface area contributed by atoms with Crippen LogP contribution in [0.4, 0.5) is 0 Å². The molecule has 0 aliphatic heterocycles. The summed E-state index contributed by atoms with van der Waals surface area (Å²) in [6, 6.07) is 16.4. The molecule has 0 bridgehead atoms. The van der Waals surface area contributed by atoms with E-state index in [4.69, 9.17) is 0 Å². The fraction of sp³-hybridized carbons (Fsp3) is 0.333. The molecule has 2 rings (SSSR count). The van der Waals surface area contributed by atoms with Crippen LogP contribution in [0.2, 0.25) is 0 Å². The Morgan fingerprint density at radius 1 is 1.09 bits per heavy atom. The van der Waals surface area contributed by atoms with Gasteiger partial charge in [0.15, 0.2) is 5.96 Å². The molecule has 0 fully saturated rings. The second kappa shape index (κ2) is 10.7. The normalized spacial score (nSPS) is 11.3. The fourth-order valence-corrected chi connectivity index (χ4v) is 2.81. The standard InChI is InChI=1S/C18H24N4S/c1-2-19-18(21-13-11-16-8-6-7-12-20-16)22-14-15-23-17-9-4-3-5-10-17/h3-10,12H,2,11,13-15H2,1H3,(H2,19,21,22). The second-order valence-electron chi connectivity index (χ2n) is 4.92. The smallest absolute Gasteiger partial charge is 0.191 e. The Kier molecular flexibility index (Phi) is 8.05. The zero-order valence-corrected chi connectivity index (χ0v) is 14.4. The zero-order chi connectivity index (χ0) is 16.2. The largest absolute Gasteiger partial charge is 0.357 e. The van der Waals surface area contributed by atoms with Crippen LogP contribution in [-0.4, -0.2) is 36.3 Å². The number of nitrogens with one attached hydrogen (secondary N) is 2. The molecule has 0 saturated heterocycles. The molecule has 23 heavy (non-hydrogen) atoms. The Morgan fingerprint density at radius 2 is 1.91 bits per heavy atom. The summed E-state index contributed by atoms with van der Waals surface area (Å²) in [7, 11) is 0. The van der Waals surface area contributed by atoms with E-state index < -0.39 is 0 Å². The van der Waals surface area contributed by atoms with E-state index in [1.165, 1.54) is 4.90 Å². The predicted molar refractivity (Wildman–Crippen MR) is 99.1 cm³/mol. The van der Waals surface area contributed by atoms with Gasteiger partial charge in [0.2, 0.25) is 0 Å². The number of thioether (sulfide) groups is 1. The highest BCUT2D eigenvalue weighted by molar-refractivity contribution is 7.99. The number of pyridine rings is 1. The highest BCUT2D eigenvalue weighted by Crippen LogP contribution is 2.15. The number of nitrogens with zero attached hydrogens (tertiary/aromatic N) is 2. The van der Waals surface area contributed by atoms with Gasteiger partial charge in [-0.1, -0.05) is 24.3 Å². The first-order chi connectivity index (χ1) is 11.4. The minimum atomic E-state index is 0.734. The van der Waals surface area contributed by atoms with Gasteiger partial charge in [0.1, 0.15) is 0 Å². The van der Waals surface area contributed by atoms with Gasteiger partial charge in [0, 0.05) is 48.6 Å². The summed E-state index contributed by atoms with van der Waals surface area (Å²) in [6.45, 7) is 4.56. The maximum atomic E-state index is 4.60. The molecule has 4 nitrogen and oxygen atoms in total. The lowest BCUT2D eigenvalue weighted by Gasteiger charge is -2.11. The van der Waals surface area contributed by atoms with Crippen molar-refractivity contribution in [3.05, 3.63) is 60.4 Å². The number of hydrogen-bond donors (Lipinski definition) is 2. The Labute approximate surface area is 142 Å². The highest BCUT2D eigenvalue weighted by Gasteiger charge is 1.98. The molecule has 2 N–H and O–H groups in total. The van der Waals surface area contributed by atoms with Crippen molar-refractivity contribution in [3.63, 3.8) is 0 Å². The van der Waals surface area contributed by atoms with Crippen LogP contribution in [0.25, 0.3) is 0 Å². The molecule has 0 radical (unpaired) electrons. The van der Waals surface area contributed by atoms with Crippen LogP contribution >= 0.6 is 11.8 Å². The van der Waals surface area contributed by atoms with E-state index in [2.05, 4.69) is 51.8 Å². The molecule has 0 aliphatic rings. The van der Waals surface area contributed by atoms with Gasteiger partial charge in [-0.05, 0) is 31.2 Å². The van der Waals surface area contributed by atoms with Crippen LogP contribution in [0.15, 0.2) is 64.6 Å². The van der Waals surface area contributed by atoms with Crippen LogP contribution in [0.1, 0.15) is 12.6 Å². The summed E-state index contributed by atoms with van der Waals surface area (Å²) < 4.78 is 0. The summed E-state index contributed by atoms with van der Waals surface area (Å²) in [5.74, 6) is 1.88. The number of aliphatic imine (C=N–C) groups is 1. The molecule has 0 aliphatic carbocycles. The lowest BCUT2D eigenvalue weighted by atomic mass is 10.3. The van der Waals surface area contributed by atoms with Gasteiger partial charge >= 0.3 is 0 Å². The first-order valence-corrected chi connectivity index (χ1v) is 8.97. The average Bonchev–Trinajstić information content (AvgIpc) is 2.60. The minimum absolute atomic E-state index is 0.734. The Balaban J connectivity index is 1.71. The highest BCUT2D eigenvalue weighted by atomic mass is 32.2. The quantitative estimate of drug-likeness (QED) is 0.338. The van der Waals surface area contributed by atoms with Gasteiger partial charge in [-0.3, -0.25) is 9.98 Å². The van der Waals surface area contributed by atoms with Crippen LogP contribution in [0, 0.1) is 0 Å². The first-order valence-electron chi connectivity index (χ1n) is 7.98. The number of aromatic nitrogens is 1. The van der Waals surface area contributed by atoms with Crippen LogP contribution in [-0.2, 0) is 6.42 Å². The third-order valence-electron chi connectivity index (χ3n) is 3.11. The van der Waals surface area contributed by atoms with Crippen molar-refractivity contribution in [1.29, 1.82) is 0 Å². The second-order valence-corrected chi connectivity index (χ2v) is 6.09. The van der Waals surface area contributed by atoms with Crippen molar-refractivity contribution >= 4 is 17.7 Å². The SMILES string of the molecule is CCNC(=NCCc1ccccn1)NCCSc1ccccc1. The lowest BCUT2D eigenvalue weighted by Crippen LogP contribution is -2.38. The van der Waals surface area contributed by atoms with Gasteiger partial charge < -0.3 is 10.6 Å². The number of guanidine groups is 1.